The molecule has 0 saturated carbocycles. The number of carbonyl (C=O) groups excluding carboxylic acids is 2. The molecule has 0 unspecified atom stereocenters. The zero-order chi connectivity index (χ0) is 19.6. The largest absolute Gasteiger partial charge is 0.490 e. The highest BCUT2D eigenvalue weighted by Gasteiger charge is 2.35. The van der Waals surface area contributed by atoms with E-state index in [1.54, 1.807) is 6.07 Å². The molecule has 2 aromatic carbocycles. The summed E-state index contributed by atoms with van der Waals surface area (Å²) in [6.07, 6.45) is 1.47. The molecule has 0 atom stereocenters. The topological polar surface area (TPSA) is 89.8 Å². The van der Waals surface area contributed by atoms with Gasteiger partial charge in [0.15, 0.2) is 5.75 Å². The van der Waals surface area contributed by atoms with Gasteiger partial charge in [0.25, 0.3) is 11.1 Å². The predicted octanol–water partition coefficient (Wildman–Crippen LogP) is 4.60. The molecule has 7 nitrogen and oxygen atoms in total. The van der Waals surface area contributed by atoms with Crippen LogP contribution in [0.5, 0.6) is 5.75 Å². The van der Waals surface area contributed by atoms with Gasteiger partial charge in [-0.1, -0.05) is 40.2 Å². The maximum absolute atomic E-state index is 12.6. The van der Waals surface area contributed by atoms with Gasteiger partial charge in [0.2, 0.25) is 0 Å². The number of halogens is 1. The van der Waals surface area contributed by atoms with Gasteiger partial charge in [0.05, 0.1) is 23.5 Å². The van der Waals surface area contributed by atoms with Crippen LogP contribution in [0.2, 0.25) is 0 Å². The Balaban J connectivity index is 1.87. The molecule has 0 aliphatic carbocycles. The number of carbonyl (C=O) groups is 2. The Labute approximate surface area is 167 Å². The zero-order valence-corrected chi connectivity index (χ0v) is 16.5. The first-order valence-electron chi connectivity index (χ1n) is 7.72. The van der Waals surface area contributed by atoms with Gasteiger partial charge in [-0.3, -0.25) is 24.6 Å². The van der Waals surface area contributed by atoms with E-state index in [-0.39, 0.29) is 28.1 Å². The minimum atomic E-state index is -0.561. The monoisotopic (exact) mass is 448 g/mol. The van der Waals surface area contributed by atoms with Gasteiger partial charge in [0.1, 0.15) is 0 Å². The van der Waals surface area contributed by atoms with E-state index in [0.29, 0.717) is 5.56 Å². The van der Waals surface area contributed by atoms with E-state index >= 15 is 0 Å². The van der Waals surface area contributed by atoms with Crippen LogP contribution in [0.15, 0.2) is 51.8 Å². The molecule has 9 heteroatoms. The summed E-state index contributed by atoms with van der Waals surface area (Å²) in [5.74, 6) is -0.307. The Hall–Kier alpha value is -2.65. The van der Waals surface area contributed by atoms with Crippen molar-refractivity contribution < 1.29 is 19.2 Å². The van der Waals surface area contributed by atoms with Crippen molar-refractivity contribution in [1.29, 1.82) is 0 Å². The minimum absolute atomic E-state index is 0.124. The highest BCUT2D eigenvalue weighted by atomic mass is 79.9. The first-order chi connectivity index (χ1) is 12.9. The van der Waals surface area contributed by atoms with E-state index in [1.165, 1.54) is 25.3 Å². The quantitative estimate of drug-likeness (QED) is 0.377. The lowest BCUT2D eigenvalue weighted by molar-refractivity contribution is -0.385. The summed E-state index contributed by atoms with van der Waals surface area (Å²) >= 11 is 4.21. The average molecular weight is 449 g/mol. The SMILES string of the molecule is COc1ccc(/C=C2/SC(=O)N(Cc3ccccc3Br)C2=O)cc1[N+](=O)[O-]. The molecule has 2 amide bonds. The molecule has 0 bridgehead atoms. The summed E-state index contributed by atoms with van der Waals surface area (Å²) in [5.41, 5.74) is 1.04. The Morgan fingerprint density at radius 3 is 2.67 bits per heavy atom. The van der Waals surface area contributed by atoms with Gasteiger partial charge in [-0.15, -0.1) is 0 Å². The number of ether oxygens (including phenoxy) is 1. The van der Waals surface area contributed by atoms with Gasteiger partial charge in [-0.05, 0) is 41.1 Å². The average Bonchev–Trinajstić information content (AvgIpc) is 2.90. The van der Waals surface area contributed by atoms with Crippen LogP contribution in [0.4, 0.5) is 10.5 Å². The van der Waals surface area contributed by atoms with E-state index in [0.717, 1.165) is 26.7 Å². The van der Waals surface area contributed by atoms with Crippen molar-refractivity contribution in [3.63, 3.8) is 0 Å². The molecular weight excluding hydrogens is 436 g/mol. The Morgan fingerprint density at radius 1 is 1.26 bits per heavy atom. The van der Waals surface area contributed by atoms with Crippen LogP contribution in [-0.4, -0.2) is 28.1 Å². The second kappa shape index (κ2) is 7.93. The molecule has 1 heterocycles. The van der Waals surface area contributed by atoms with E-state index in [4.69, 9.17) is 4.74 Å². The van der Waals surface area contributed by atoms with Gasteiger partial charge in [0, 0.05) is 10.5 Å². The number of amides is 2. The highest BCUT2D eigenvalue weighted by molar-refractivity contribution is 9.10. The van der Waals surface area contributed by atoms with Gasteiger partial charge in [-0.2, -0.15) is 0 Å². The molecule has 1 saturated heterocycles. The van der Waals surface area contributed by atoms with Crippen molar-refractivity contribution in [3.05, 3.63) is 73.1 Å². The van der Waals surface area contributed by atoms with E-state index in [1.807, 2.05) is 24.3 Å². The van der Waals surface area contributed by atoms with E-state index < -0.39 is 10.8 Å². The van der Waals surface area contributed by atoms with E-state index in [9.17, 15) is 19.7 Å². The number of nitro benzene ring substituents is 1. The van der Waals surface area contributed by atoms with Crippen molar-refractivity contribution in [3.8, 4) is 5.75 Å². The summed E-state index contributed by atoms with van der Waals surface area (Å²) in [5, 5.41) is 10.8. The lowest BCUT2D eigenvalue weighted by Gasteiger charge is -2.13. The molecule has 1 fully saturated rings. The number of imide groups is 1. The number of thioether (sulfide) groups is 1. The molecule has 1 aliphatic heterocycles. The fourth-order valence-corrected chi connectivity index (χ4v) is 3.77. The van der Waals surface area contributed by atoms with Gasteiger partial charge in [-0.25, -0.2) is 0 Å². The predicted molar refractivity (Wildman–Crippen MR) is 105 cm³/mol. The van der Waals surface area contributed by atoms with Gasteiger partial charge < -0.3 is 4.74 Å². The second-order valence-corrected chi connectivity index (χ2v) is 7.40. The van der Waals surface area contributed by atoms with Crippen LogP contribution in [0, 0.1) is 10.1 Å². The van der Waals surface area contributed by atoms with Crippen molar-refractivity contribution in [2.45, 2.75) is 6.54 Å². The van der Waals surface area contributed by atoms with Crippen LogP contribution < -0.4 is 4.74 Å². The Morgan fingerprint density at radius 2 is 2.00 bits per heavy atom. The third kappa shape index (κ3) is 4.04. The van der Waals surface area contributed by atoms with Crippen molar-refractivity contribution in [2.24, 2.45) is 0 Å². The number of nitrogens with zero attached hydrogens (tertiary/aromatic N) is 2. The smallest absolute Gasteiger partial charge is 0.311 e. The Kier molecular flexibility index (Phi) is 5.62. The highest BCUT2D eigenvalue weighted by Crippen LogP contribution is 2.35. The van der Waals surface area contributed by atoms with Crippen LogP contribution in [-0.2, 0) is 11.3 Å². The molecule has 27 heavy (non-hydrogen) atoms. The fourth-order valence-electron chi connectivity index (χ4n) is 2.52. The number of benzene rings is 2. The summed E-state index contributed by atoms with van der Waals surface area (Å²) in [7, 11) is 1.34. The standard InChI is InChI=1S/C18H13BrN2O5S/c1-26-15-7-6-11(8-14(15)21(24)25)9-16-17(22)20(18(23)27-16)10-12-4-2-3-5-13(12)19/h2-9H,10H2,1H3/b16-9+. The normalized spacial score (nSPS) is 15.5. The molecule has 0 aromatic heterocycles. The molecule has 0 spiro atoms. The number of hydrogen-bond donors (Lipinski definition) is 0. The summed E-state index contributed by atoms with van der Waals surface area (Å²) in [6, 6.07) is 11.7. The summed E-state index contributed by atoms with van der Waals surface area (Å²) in [6.45, 7) is 0.145. The first-order valence-corrected chi connectivity index (χ1v) is 9.33. The second-order valence-electron chi connectivity index (χ2n) is 5.55. The third-order valence-electron chi connectivity index (χ3n) is 3.86. The van der Waals surface area contributed by atoms with Crippen molar-refractivity contribution in [1.82, 2.24) is 4.90 Å². The van der Waals surface area contributed by atoms with Crippen LogP contribution in [0.25, 0.3) is 6.08 Å². The molecule has 138 valence electrons. The number of rotatable bonds is 5. The van der Waals surface area contributed by atoms with Crippen molar-refractivity contribution in [2.75, 3.05) is 7.11 Å². The molecule has 0 N–H and O–H groups in total. The minimum Gasteiger partial charge on any atom is -0.490 e. The lowest BCUT2D eigenvalue weighted by Crippen LogP contribution is -2.27. The molecule has 1 aliphatic rings. The lowest BCUT2D eigenvalue weighted by atomic mass is 10.1. The summed E-state index contributed by atoms with van der Waals surface area (Å²) < 4.78 is 5.77. The van der Waals surface area contributed by atoms with Crippen LogP contribution >= 0.6 is 27.7 Å². The Bertz CT molecular complexity index is 976. The van der Waals surface area contributed by atoms with Crippen molar-refractivity contribution >= 4 is 50.6 Å². The van der Waals surface area contributed by atoms with E-state index in [2.05, 4.69) is 15.9 Å². The maximum atomic E-state index is 12.6. The number of nitro groups is 1. The first kappa shape index (κ1) is 19.1. The molecule has 0 radical (unpaired) electrons. The van der Waals surface area contributed by atoms with Crippen LogP contribution in [0.1, 0.15) is 11.1 Å². The molecule has 3 rings (SSSR count). The van der Waals surface area contributed by atoms with Gasteiger partial charge >= 0.3 is 5.69 Å². The number of methoxy groups -OCH3 is 1. The maximum Gasteiger partial charge on any atom is 0.311 e. The fraction of sp³-hybridized carbons (Fsp3) is 0.111. The molecule has 2 aromatic rings. The molecular formula is C18H13BrN2O5S. The third-order valence-corrected chi connectivity index (χ3v) is 5.54. The van der Waals surface area contributed by atoms with Crippen LogP contribution in [0.3, 0.4) is 0 Å². The number of hydrogen-bond acceptors (Lipinski definition) is 6. The zero-order valence-electron chi connectivity index (χ0n) is 14.0. The summed E-state index contributed by atoms with van der Waals surface area (Å²) in [4.78, 5) is 36.8.